The summed E-state index contributed by atoms with van der Waals surface area (Å²) in [7, 11) is 2.93. The fourth-order valence-electron chi connectivity index (χ4n) is 4.55. The van der Waals surface area contributed by atoms with Gasteiger partial charge in [0.25, 0.3) is 0 Å². The van der Waals surface area contributed by atoms with Crippen molar-refractivity contribution in [2.75, 3.05) is 20.8 Å². The molecule has 2 aromatic rings. The van der Waals surface area contributed by atoms with Crippen LogP contribution < -0.4 is 9.47 Å². The number of phenolic OH excluding ortho intramolecular Hbond substituents is 1. The zero-order chi connectivity index (χ0) is 20.0. The van der Waals surface area contributed by atoms with Crippen LogP contribution in [0.4, 0.5) is 0 Å². The van der Waals surface area contributed by atoms with Gasteiger partial charge in [-0.05, 0) is 42.8 Å². The summed E-state index contributed by atoms with van der Waals surface area (Å²) in [5, 5.41) is 12.5. The number of ketones is 1. The van der Waals surface area contributed by atoms with Crippen molar-refractivity contribution in [2.45, 2.75) is 31.7 Å². The van der Waals surface area contributed by atoms with Gasteiger partial charge in [0.1, 0.15) is 11.7 Å². The molecule has 3 atom stereocenters. The fourth-order valence-corrected chi connectivity index (χ4v) is 5.68. The number of methoxy groups -OCH3 is 2. The number of carbonyl (C=O) groups excluding carboxylic acids is 2. The Morgan fingerprint density at radius 2 is 1.96 bits per heavy atom. The number of rotatable bonds is 5. The number of carbonyl (C=O) groups is 2. The Kier molecular flexibility index (Phi) is 4.79. The average molecular weight is 401 g/mol. The highest BCUT2D eigenvalue weighted by molar-refractivity contribution is 7.10. The van der Waals surface area contributed by atoms with Gasteiger partial charge in [0.2, 0.25) is 5.91 Å². The van der Waals surface area contributed by atoms with Crippen molar-refractivity contribution in [3.8, 4) is 17.2 Å². The molecular weight excluding hydrogens is 378 g/mol. The van der Waals surface area contributed by atoms with Crippen LogP contribution in [0.15, 0.2) is 23.6 Å². The Bertz CT molecular complexity index is 937. The monoisotopic (exact) mass is 401 g/mol. The summed E-state index contributed by atoms with van der Waals surface area (Å²) in [4.78, 5) is 29.6. The second-order valence-electron chi connectivity index (χ2n) is 7.30. The molecule has 0 bridgehead atoms. The van der Waals surface area contributed by atoms with E-state index < -0.39 is 5.92 Å². The quantitative estimate of drug-likeness (QED) is 0.614. The molecule has 1 aromatic heterocycles. The molecule has 0 spiro atoms. The number of benzene rings is 1. The van der Waals surface area contributed by atoms with Gasteiger partial charge in [-0.3, -0.25) is 9.59 Å². The van der Waals surface area contributed by atoms with Gasteiger partial charge in [-0.15, -0.1) is 11.3 Å². The predicted molar refractivity (Wildman–Crippen MR) is 106 cm³/mol. The molecule has 2 saturated heterocycles. The number of aryl methyl sites for hydroxylation is 1. The third-order valence-corrected chi connectivity index (χ3v) is 7.00. The van der Waals surface area contributed by atoms with Crippen molar-refractivity contribution in [1.29, 1.82) is 0 Å². The lowest BCUT2D eigenvalue weighted by Gasteiger charge is -2.22. The molecular formula is C21H23NO5S. The minimum Gasteiger partial charge on any atom is -0.507 e. The minimum atomic E-state index is -0.827. The molecule has 0 aliphatic carbocycles. The van der Waals surface area contributed by atoms with Gasteiger partial charge in [0.05, 0.1) is 19.8 Å². The van der Waals surface area contributed by atoms with Crippen LogP contribution in [0.2, 0.25) is 0 Å². The Hall–Kier alpha value is -2.54. The summed E-state index contributed by atoms with van der Waals surface area (Å²) in [6.45, 7) is 2.70. The molecule has 4 rings (SSSR count). The zero-order valence-electron chi connectivity index (χ0n) is 16.1. The minimum absolute atomic E-state index is 0.0427. The van der Waals surface area contributed by atoms with E-state index in [1.54, 1.807) is 11.3 Å². The maximum absolute atomic E-state index is 13.5. The molecule has 148 valence electrons. The molecule has 7 heteroatoms. The molecule has 0 unspecified atom stereocenters. The van der Waals surface area contributed by atoms with Gasteiger partial charge in [-0.1, -0.05) is 0 Å². The largest absolute Gasteiger partial charge is 0.507 e. The van der Waals surface area contributed by atoms with Crippen molar-refractivity contribution in [1.82, 2.24) is 4.90 Å². The fraction of sp³-hybridized carbons (Fsp3) is 0.429. The number of nitrogens with zero attached hydrogens (tertiary/aromatic N) is 1. The number of Topliss-reactive ketones (excluding diaryl/α,β-unsaturated/α-hetero) is 1. The first-order valence-corrected chi connectivity index (χ1v) is 10.2. The van der Waals surface area contributed by atoms with Crippen molar-refractivity contribution in [3.63, 3.8) is 0 Å². The molecule has 1 aromatic carbocycles. The van der Waals surface area contributed by atoms with E-state index in [9.17, 15) is 14.7 Å². The van der Waals surface area contributed by atoms with E-state index in [4.69, 9.17) is 9.47 Å². The van der Waals surface area contributed by atoms with E-state index in [0.717, 1.165) is 23.3 Å². The first-order chi connectivity index (χ1) is 13.5. The van der Waals surface area contributed by atoms with Gasteiger partial charge in [0, 0.05) is 29.4 Å². The summed E-state index contributed by atoms with van der Waals surface area (Å²) in [5.74, 6) is -1.04. The third kappa shape index (κ3) is 2.76. The van der Waals surface area contributed by atoms with Gasteiger partial charge in [-0.25, -0.2) is 0 Å². The number of amides is 1. The van der Waals surface area contributed by atoms with Gasteiger partial charge < -0.3 is 19.5 Å². The second kappa shape index (κ2) is 7.13. The Morgan fingerprint density at radius 1 is 1.25 bits per heavy atom. The molecule has 6 nitrogen and oxygen atoms in total. The van der Waals surface area contributed by atoms with Crippen molar-refractivity contribution >= 4 is 23.0 Å². The molecule has 2 aliphatic rings. The first kappa shape index (κ1) is 18.8. The van der Waals surface area contributed by atoms with Crippen molar-refractivity contribution in [3.05, 3.63) is 39.6 Å². The van der Waals surface area contributed by atoms with E-state index in [0.29, 0.717) is 18.0 Å². The number of hydrogen-bond donors (Lipinski definition) is 1. The lowest BCUT2D eigenvalue weighted by molar-refractivity contribution is -0.129. The molecule has 28 heavy (non-hydrogen) atoms. The number of thiophene rings is 1. The highest BCUT2D eigenvalue weighted by atomic mass is 32.1. The van der Waals surface area contributed by atoms with E-state index in [1.165, 1.54) is 26.4 Å². The lowest BCUT2D eigenvalue weighted by Crippen LogP contribution is -2.31. The highest BCUT2D eigenvalue weighted by Crippen LogP contribution is 2.48. The summed E-state index contributed by atoms with van der Waals surface area (Å²) in [6.07, 6.45) is 1.86. The average Bonchev–Trinajstić information content (AvgIpc) is 3.38. The smallest absolute Gasteiger partial charge is 0.234 e. The maximum Gasteiger partial charge on any atom is 0.234 e. The molecule has 1 N–H and O–H groups in total. The Balaban J connectivity index is 1.79. The molecule has 0 radical (unpaired) electrons. The normalized spacial score (nSPS) is 23.8. The van der Waals surface area contributed by atoms with Crippen LogP contribution in [0.5, 0.6) is 17.2 Å². The molecule has 1 amide bonds. The van der Waals surface area contributed by atoms with Gasteiger partial charge in [-0.2, -0.15) is 0 Å². The highest BCUT2D eigenvalue weighted by Gasteiger charge is 2.54. The van der Waals surface area contributed by atoms with Crippen LogP contribution >= 0.6 is 11.3 Å². The van der Waals surface area contributed by atoms with E-state index in [2.05, 4.69) is 0 Å². The summed E-state index contributed by atoms with van der Waals surface area (Å²) in [6, 6.07) is 4.89. The number of hydrogen-bond acceptors (Lipinski definition) is 6. The van der Waals surface area contributed by atoms with Crippen molar-refractivity contribution in [2.24, 2.45) is 5.92 Å². The predicted octanol–water partition coefficient (Wildman–Crippen LogP) is 3.37. The maximum atomic E-state index is 13.5. The SMILES string of the molecule is COc1cc(O)c(C(=O)[C@@H]2C(=O)N3CCC[C@@H]3[C@H]2c2sccc2C)cc1OC. The van der Waals surface area contributed by atoms with Crippen LogP contribution in [0.1, 0.15) is 39.6 Å². The van der Waals surface area contributed by atoms with Crippen LogP contribution in [0.25, 0.3) is 0 Å². The van der Waals surface area contributed by atoms with Gasteiger partial charge in [0.15, 0.2) is 17.3 Å². The van der Waals surface area contributed by atoms with E-state index in [1.807, 2.05) is 23.3 Å². The summed E-state index contributed by atoms with van der Waals surface area (Å²) < 4.78 is 10.5. The second-order valence-corrected chi connectivity index (χ2v) is 8.25. The lowest BCUT2D eigenvalue weighted by atomic mass is 9.81. The molecule has 2 aliphatic heterocycles. The summed E-state index contributed by atoms with van der Waals surface area (Å²) >= 11 is 1.59. The van der Waals surface area contributed by atoms with Crippen LogP contribution in [-0.4, -0.2) is 48.5 Å². The number of fused-ring (bicyclic) bond motifs is 1. The molecule has 2 fully saturated rings. The number of phenols is 1. The Labute approximate surface area is 167 Å². The molecule has 0 saturated carbocycles. The Morgan fingerprint density at radius 3 is 2.61 bits per heavy atom. The number of aromatic hydroxyl groups is 1. The summed E-state index contributed by atoms with van der Waals surface area (Å²) in [5.41, 5.74) is 1.20. The van der Waals surface area contributed by atoms with E-state index >= 15 is 0 Å². The standard InChI is InChI=1S/C21H23NO5S/c1-11-6-8-28-20(11)17-13-5-4-7-22(13)21(25)18(17)19(24)12-9-15(26-2)16(27-3)10-14(12)23/h6,8-10,13,17-18,23H,4-5,7H2,1-3H3/t13-,17-,18-/m1/s1. The van der Waals surface area contributed by atoms with Crippen LogP contribution in [0, 0.1) is 12.8 Å². The topological polar surface area (TPSA) is 76.1 Å². The third-order valence-electron chi connectivity index (χ3n) is 5.88. The first-order valence-electron chi connectivity index (χ1n) is 9.31. The molecule has 3 heterocycles. The number of ether oxygens (including phenoxy) is 2. The van der Waals surface area contributed by atoms with Crippen LogP contribution in [-0.2, 0) is 4.79 Å². The van der Waals surface area contributed by atoms with Crippen LogP contribution in [0.3, 0.4) is 0 Å². The van der Waals surface area contributed by atoms with Gasteiger partial charge >= 0.3 is 0 Å². The zero-order valence-corrected chi connectivity index (χ0v) is 16.9. The van der Waals surface area contributed by atoms with E-state index in [-0.39, 0.29) is 35.0 Å². The van der Waals surface area contributed by atoms with Crippen molar-refractivity contribution < 1.29 is 24.2 Å².